The van der Waals surface area contributed by atoms with E-state index in [1.54, 1.807) is 12.3 Å². The van der Waals surface area contributed by atoms with Crippen LogP contribution in [0.3, 0.4) is 0 Å². The van der Waals surface area contributed by atoms with E-state index < -0.39 is 24.0 Å². The average Bonchev–Trinajstić information content (AvgIpc) is 3.32. The predicted octanol–water partition coefficient (Wildman–Crippen LogP) is 4.32. The lowest BCUT2D eigenvalue weighted by molar-refractivity contribution is 0.0816. The number of aromatic nitrogens is 3. The van der Waals surface area contributed by atoms with Crippen LogP contribution in [-0.2, 0) is 21.5 Å². The average molecular weight is 615 g/mol. The molecule has 1 unspecified atom stereocenters. The minimum absolute atomic E-state index is 0.126. The summed E-state index contributed by atoms with van der Waals surface area (Å²) in [5, 5.41) is 5.87. The fourth-order valence-corrected chi connectivity index (χ4v) is 6.92. The summed E-state index contributed by atoms with van der Waals surface area (Å²) >= 11 is 0. The fraction of sp³-hybridized carbons (Fsp3) is 0.483. The Morgan fingerprint density at radius 1 is 1.12 bits per heavy atom. The number of hydrogen-bond donors (Lipinski definition) is 0. The maximum Gasteiger partial charge on any atom is 0.224 e. The lowest BCUT2D eigenvalue weighted by Gasteiger charge is -2.37. The summed E-state index contributed by atoms with van der Waals surface area (Å²) in [6, 6.07) is 8.43. The van der Waals surface area contributed by atoms with E-state index in [2.05, 4.69) is 29.5 Å². The standard InChI is InChI=1S/C29H39FN6O4SSi/c1-39-25-9-11-32-29(30)27(25)21-6-7-24-23(18-21)28(33-36(24)20-40-16-17-42(3,4)5)22-8-10-31-26(19-22)34-12-14-35(15-13-34)41(2,37)38/h6-11,18,26H,12-17,19-20H2,1-5H3. The van der Waals surface area contributed by atoms with Gasteiger partial charge in [0.15, 0.2) is 0 Å². The zero-order chi connectivity index (χ0) is 30.1. The van der Waals surface area contributed by atoms with E-state index in [0.29, 0.717) is 62.8 Å². The Morgan fingerprint density at radius 3 is 2.57 bits per heavy atom. The Bertz CT molecular complexity index is 1610. The van der Waals surface area contributed by atoms with Crippen molar-refractivity contribution in [3.05, 3.63) is 48.2 Å². The summed E-state index contributed by atoms with van der Waals surface area (Å²) in [7, 11) is -2.94. The predicted molar refractivity (Wildman–Crippen MR) is 166 cm³/mol. The van der Waals surface area contributed by atoms with Crippen LogP contribution in [0.4, 0.5) is 4.39 Å². The van der Waals surface area contributed by atoms with Gasteiger partial charge in [0.25, 0.3) is 0 Å². The van der Waals surface area contributed by atoms with Crippen LogP contribution in [0.25, 0.3) is 27.6 Å². The van der Waals surface area contributed by atoms with Crippen LogP contribution >= 0.6 is 0 Å². The number of sulfonamides is 1. The van der Waals surface area contributed by atoms with Gasteiger partial charge in [-0.25, -0.2) is 18.1 Å². The summed E-state index contributed by atoms with van der Waals surface area (Å²) in [6.07, 6.45) is 6.90. The normalized spacial score (nSPS) is 18.9. The molecule has 42 heavy (non-hydrogen) atoms. The molecule has 0 saturated carbocycles. The number of rotatable bonds is 10. The van der Waals surface area contributed by atoms with Gasteiger partial charge in [-0.1, -0.05) is 25.7 Å². The highest BCUT2D eigenvalue weighted by Gasteiger charge is 2.30. The largest absolute Gasteiger partial charge is 0.496 e. The molecule has 5 rings (SSSR count). The van der Waals surface area contributed by atoms with Gasteiger partial charge in [-0.3, -0.25) is 9.89 Å². The number of ether oxygens (including phenoxy) is 2. The zero-order valence-corrected chi connectivity index (χ0v) is 26.7. The van der Waals surface area contributed by atoms with Crippen molar-refractivity contribution in [3.63, 3.8) is 0 Å². The van der Waals surface area contributed by atoms with Crippen molar-refractivity contribution in [1.29, 1.82) is 0 Å². The van der Waals surface area contributed by atoms with Crippen LogP contribution in [0.5, 0.6) is 5.75 Å². The van der Waals surface area contributed by atoms with Gasteiger partial charge in [-0.2, -0.15) is 13.8 Å². The van der Waals surface area contributed by atoms with E-state index in [-0.39, 0.29) is 6.17 Å². The van der Waals surface area contributed by atoms with E-state index in [1.165, 1.54) is 23.9 Å². The number of piperazine rings is 1. The van der Waals surface area contributed by atoms with Crippen molar-refractivity contribution < 1.29 is 22.3 Å². The molecule has 3 aromatic rings. The van der Waals surface area contributed by atoms with E-state index in [1.807, 2.05) is 29.0 Å². The van der Waals surface area contributed by atoms with Crippen molar-refractivity contribution >= 4 is 40.8 Å². The first-order valence-electron chi connectivity index (χ1n) is 14.1. The van der Waals surface area contributed by atoms with Crippen LogP contribution in [0, 0.1) is 5.95 Å². The summed E-state index contributed by atoms with van der Waals surface area (Å²) < 4.78 is 53.8. The first-order valence-corrected chi connectivity index (χ1v) is 19.7. The maximum absolute atomic E-state index is 14.9. The highest BCUT2D eigenvalue weighted by Crippen LogP contribution is 2.37. The number of hydrogen-bond acceptors (Lipinski definition) is 8. The van der Waals surface area contributed by atoms with Crippen LogP contribution in [0.2, 0.25) is 25.7 Å². The monoisotopic (exact) mass is 614 g/mol. The molecule has 2 aliphatic heterocycles. The molecule has 1 aromatic carbocycles. The number of aliphatic imine (C=N–C) groups is 1. The number of allylic oxidation sites excluding steroid dienone is 1. The van der Waals surface area contributed by atoms with Gasteiger partial charge < -0.3 is 9.47 Å². The minimum atomic E-state index is -3.21. The highest BCUT2D eigenvalue weighted by molar-refractivity contribution is 7.88. The second-order valence-electron chi connectivity index (χ2n) is 12.0. The van der Waals surface area contributed by atoms with Gasteiger partial charge in [-0.05, 0) is 41.5 Å². The van der Waals surface area contributed by atoms with Gasteiger partial charge in [0.1, 0.15) is 18.6 Å². The second kappa shape index (κ2) is 12.3. The maximum atomic E-state index is 14.9. The van der Waals surface area contributed by atoms with Crippen molar-refractivity contribution in [2.24, 2.45) is 4.99 Å². The molecule has 4 heterocycles. The molecule has 0 bridgehead atoms. The molecule has 0 radical (unpaired) electrons. The lowest BCUT2D eigenvalue weighted by Crippen LogP contribution is -2.51. The molecule has 1 fully saturated rings. The fourth-order valence-electron chi connectivity index (χ4n) is 5.33. The van der Waals surface area contributed by atoms with Crippen LogP contribution in [0.15, 0.2) is 41.5 Å². The van der Waals surface area contributed by atoms with Crippen LogP contribution in [0.1, 0.15) is 12.1 Å². The summed E-state index contributed by atoms with van der Waals surface area (Å²) in [4.78, 5) is 10.8. The minimum Gasteiger partial charge on any atom is -0.496 e. The molecular weight excluding hydrogens is 576 g/mol. The molecule has 0 N–H and O–H groups in total. The van der Waals surface area contributed by atoms with Crippen LogP contribution < -0.4 is 4.74 Å². The number of nitrogens with zero attached hydrogens (tertiary/aromatic N) is 6. The number of pyridine rings is 1. The Labute approximate surface area is 247 Å². The number of halogens is 1. The summed E-state index contributed by atoms with van der Waals surface area (Å²) in [5.74, 6) is -0.197. The highest BCUT2D eigenvalue weighted by atomic mass is 32.2. The van der Waals surface area contributed by atoms with Crippen LogP contribution in [-0.4, -0.2) is 99.0 Å². The van der Waals surface area contributed by atoms with Gasteiger partial charge in [0.2, 0.25) is 16.0 Å². The molecule has 13 heteroatoms. The smallest absolute Gasteiger partial charge is 0.224 e. The Balaban J connectivity index is 1.46. The molecule has 0 aliphatic carbocycles. The molecule has 226 valence electrons. The zero-order valence-electron chi connectivity index (χ0n) is 24.9. The van der Waals surface area contributed by atoms with Gasteiger partial charge in [-0.15, -0.1) is 0 Å². The topological polar surface area (TPSA) is 102 Å². The molecule has 2 aliphatic rings. The van der Waals surface area contributed by atoms with E-state index >= 15 is 0 Å². The van der Waals surface area contributed by atoms with Crippen molar-refractivity contribution in [3.8, 4) is 16.9 Å². The summed E-state index contributed by atoms with van der Waals surface area (Å²) in [6.45, 7) is 10.0. The van der Waals surface area contributed by atoms with Crippen molar-refractivity contribution in [1.82, 2.24) is 24.0 Å². The van der Waals surface area contributed by atoms with Crippen molar-refractivity contribution in [2.45, 2.75) is 45.0 Å². The second-order valence-corrected chi connectivity index (χ2v) is 19.6. The Hall–Kier alpha value is -2.97. The third-order valence-electron chi connectivity index (χ3n) is 7.74. The van der Waals surface area contributed by atoms with E-state index in [0.717, 1.165) is 28.2 Å². The van der Waals surface area contributed by atoms with Crippen molar-refractivity contribution in [2.75, 3.05) is 46.2 Å². The number of benzene rings is 1. The third-order valence-corrected chi connectivity index (χ3v) is 10.7. The van der Waals surface area contributed by atoms with E-state index in [9.17, 15) is 12.8 Å². The lowest BCUT2D eigenvalue weighted by atomic mass is 9.98. The number of methoxy groups -OCH3 is 1. The quantitative estimate of drug-likeness (QED) is 0.190. The molecule has 0 amide bonds. The molecule has 1 saturated heterocycles. The summed E-state index contributed by atoms with van der Waals surface area (Å²) in [5.41, 5.74) is 3.61. The molecule has 1 atom stereocenters. The third kappa shape index (κ3) is 6.81. The number of fused-ring (bicyclic) bond motifs is 1. The number of dihydropyridines is 1. The molecule has 0 spiro atoms. The van der Waals surface area contributed by atoms with Gasteiger partial charge >= 0.3 is 0 Å². The molecule has 10 nitrogen and oxygen atoms in total. The SMILES string of the molecule is COc1ccnc(F)c1-c1ccc2c(c1)c(C1=CC=NC(N3CCN(S(C)(=O)=O)CC3)C1)nn2COCC[Si](C)(C)C. The first kappa shape index (κ1) is 30.5. The molecule has 2 aromatic heterocycles. The van der Waals surface area contributed by atoms with E-state index in [4.69, 9.17) is 19.6 Å². The molecular formula is C29H39FN6O4SSi. The Morgan fingerprint density at radius 2 is 1.88 bits per heavy atom. The van der Waals surface area contributed by atoms with Gasteiger partial charge in [0, 0.05) is 65.1 Å². The van der Waals surface area contributed by atoms with Gasteiger partial charge in [0.05, 0.1) is 30.1 Å². The Kier molecular flexibility index (Phi) is 8.95. The first-order chi connectivity index (χ1) is 19.9.